The fourth-order valence-electron chi connectivity index (χ4n) is 3.91. The molecular formula is C14H24. The molecule has 0 aliphatic heterocycles. The van der Waals surface area contributed by atoms with E-state index in [2.05, 4.69) is 34.6 Å². The van der Waals surface area contributed by atoms with Gasteiger partial charge >= 0.3 is 0 Å². The lowest BCUT2D eigenvalue weighted by Gasteiger charge is -2.55. The van der Waals surface area contributed by atoms with Crippen LogP contribution in [0.15, 0.2) is 11.1 Å². The van der Waals surface area contributed by atoms with Gasteiger partial charge in [0.2, 0.25) is 0 Å². The van der Waals surface area contributed by atoms with Crippen molar-refractivity contribution in [2.24, 2.45) is 16.7 Å². The largest absolute Gasteiger partial charge is 0.0707 e. The SMILES string of the molecule is CC1=C(C)C2(C(C)(C)C)CCC1CC2. The zero-order valence-corrected chi connectivity index (χ0v) is 10.4. The van der Waals surface area contributed by atoms with Crippen molar-refractivity contribution < 1.29 is 0 Å². The summed E-state index contributed by atoms with van der Waals surface area (Å²) in [5.74, 6) is 0.930. The normalized spacial score (nSPS) is 37.9. The van der Waals surface area contributed by atoms with Gasteiger partial charge in [0.1, 0.15) is 0 Å². The number of hydrogen-bond donors (Lipinski definition) is 0. The average molecular weight is 192 g/mol. The molecule has 0 aromatic heterocycles. The average Bonchev–Trinajstić information content (AvgIpc) is 2.12. The molecule has 2 bridgehead atoms. The van der Waals surface area contributed by atoms with Crippen LogP contribution in [0.25, 0.3) is 0 Å². The van der Waals surface area contributed by atoms with Gasteiger partial charge in [-0.05, 0) is 56.3 Å². The third-order valence-electron chi connectivity index (χ3n) is 5.20. The summed E-state index contributed by atoms with van der Waals surface area (Å²) in [6, 6.07) is 0. The smallest absolute Gasteiger partial charge is 0.00393 e. The standard InChI is InChI=1S/C14H24/c1-10-11(2)14(13(3,4)5)8-6-12(10)7-9-14/h12H,6-9H2,1-5H3. The Bertz CT molecular complexity index is 267. The van der Waals surface area contributed by atoms with Crippen molar-refractivity contribution in [3.8, 4) is 0 Å². The molecule has 0 saturated heterocycles. The summed E-state index contributed by atoms with van der Waals surface area (Å²) < 4.78 is 0. The Balaban J connectivity index is 2.50. The molecule has 14 heavy (non-hydrogen) atoms. The Kier molecular flexibility index (Phi) is 2.10. The van der Waals surface area contributed by atoms with Gasteiger partial charge in [0, 0.05) is 0 Å². The molecule has 1 saturated carbocycles. The molecule has 0 atom stereocenters. The number of fused-ring (bicyclic) bond motifs is 2. The summed E-state index contributed by atoms with van der Waals surface area (Å²) >= 11 is 0. The second-order valence-corrected chi connectivity index (χ2v) is 6.41. The van der Waals surface area contributed by atoms with E-state index < -0.39 is 0 Å². The van der Waals surface area contributed by atoms with Gasteiger partial charge in [0.25, 0.3) is 0 Å². The van der Waals surface area contributed by atoms with E-state index in [9.17, 15) is 0 Å². The van der Waals surface area contributed by atoms with E-state index in [0.717, 1.165) is 5.92 Å². The van der Waals surface area contributed by atoms with E-state index in [1.54, 1.807) is 11.1 Å². The molecule has 3 aliphatic carbocycles. The van der Waals surface area contributed by atoms with E-state index in [0.29, 0.717) is 10.8 Å². The Labute approximate surface area is 88.8 Å². The number of rotatable bonds is 0. The van der Waals surface area contributed by atoms with Gasteiger partial charge in [-0.1, -0.05) is 31.9 Å². The molecule has 0 spiro atoms. The molecule has 0 nitrogen and oxygen atoms in total. The molecule has 0 amide bonds. The molecule has 0 unspecified atom stereocenters. The van der Waals surface area contributed by atoms with E-state index in [1.807, 2.05) is 0 Å². The van der Waals surface area contributed by atoms with Crippen LogP contribution in [0.4, 0.5) is 0 Å². The van der Waals surface area contributed by atoms with Crippen LogP contribution in [0.5, 0.6) is 0 Å². The van der Waals surface area contributed by atoms with Crippen LogP contribution in [-0.2, 0) is 0 Å². The summed E-state index contributed by atoms with van der Waals surface area (Å²) in [7, 11) is 0. The molecule has 0 heterocycles. The summed E-state index contributed by atoms with van der Waals surface area (Å²) in [5, 5.41) is 0. The molecule has 0 radical (unpaired) electrons. The molecular weight excluding hydrogens is 168 g/mol. The van der Waals surface area contributed by atoms with Crippen molar-refractivity contribution in [3.05, 3.63) is 11.1 Å². The maximum Gasteiger partial charge on any atom is -0.00393 e. The minimum Gasteiger partial charge on any atom is -0.0707 e. The van der Waals surface area contributed by atoms with E-state index in [4.69, 9.17) is 0 Å². The van der Waals surface area contributed by atoms with Gasteiger partial charge in [-0.25, -0.2) is 0 Å². The van der Waals surface area contributed by atoms with Crippen molar-refractivity contribution in [1.82, 2.24) is 0 Å². The third kappa shape index (κ3) is 1.12. The lowest BCUT2D eigenvalue weighted by Crippen LogP contribution is -2.44. The fraction of sp³-hybridized carbons (Fsp3) is 0.857. The van der Waals surface area contributed by atoms with Crippen LogP contribution >= 0.6 is 0 Å². The fourth-order valence-corrected chi connectivity index (χ4v) is 3.91. The highest BCUT2D eigenvalue weighted by Gasteiger charge is 2.49. The lowest BCUT2D eigenvalue weighted by molar-refractivity contribution is 0.0462. The van der Waals surface area contributed by atoms with Gasteiger partial charge in [-0.3, -0.25) is 0 Å². The summed E-state index contributed by atoms with van der Waals surface area (Å²) in [6.45, 7) is 12.0. The van der Waals surface area contributed by atoms with Crippen LogP contribution < -0.4 is 0 Å². The molecule has 3 aliphatic rings. The quantitative estimate of drug-likeness (QED) is 0.494. The molecule has 0 aromatic carbocycles. The second-order valence-electron chi connectivity index (χ2n) is 6.41. The molecule has 3 rings (SSSR count). The van der Waals surface area contributed by atoms with Crippen LogP contribution in [0.3, 0.4) is 0 Å². The van der Waals surface area contributed by atoms with Crippen molar-refractivity contribution >= 4 is 0 Å². The van der Waals surface area contributed by atoms with Crippen LogP contribution in [-0.4, -0.2) is 0 Å². The second kappa shape index (κ2) is 2.87. The maximum atomic E-state index is 2.43. The first-order chi connectivity index (χ1) is 6.38. The molecule has 0 N–H and O–H groups in total. The first-order valence-electron chi connectivity index (χ1n) is 6.06. The van der Waals surface area contributed by atoms with Crippen LogP contribution in [0, 0.1) is 16.7 Å². The number of hydrogen-bond acceptors (Lipinski definition) is 0. The molecule has 1 fully saturated rings. The molecule has 0 aromatic rings. The lowest BCUT2D eigenvalue weighted by atomic mass is 9.49. The van der Waals surface area contributed by atoms with Crippen molar-refractivity contribution in [3.63, 3.8) is 0 Å². The Morgan fingerprint density at radius 3 is 1.93 bits per heavy atom. The highest BCUT2D eigenvalue weighted by Crippen LogP contribution is 2.61. The summed E-state index contributed by atoms with van der Waals surface area (Å²) in [6.07, 6.45) is 5.76. The Morgan fingerprint density at radius 1 is 1.07 bits per heavy atom. The first kappa shape index (κ1) is 10.3. The van der Waals surface area contributed by atoms with Gasteiger partial charge in [0.05, 0.1) is 0 Å². The maximum absolute atomic E-state index is 2.43. The number of allylic oxidation sites excluding steroid dienone is 2. The van der Waals surface area contributed by atoms with Gasteiger partial charge in [-0.15, -0.1) is 0 Å². The highest BCUT2D eigenvalue weighted by molar-refractivity contribution is 5.30. The Morgan fingerprint density at radius 2 is 1.57 bits per heavy atom. The van der Waals surface area contributed by atoms with Gasteiger partial charge in [0.15, 0.2) is 0 Å². The van der Waals surface area contributed by atoms with Crippen LogP contribution in [0.2, 0.25) is 0 Å². The predicted molar refractivity (Wildman–Crippen MR) is 62.2 cm³/mol. The zero-order chi connectivity index (χ0) is 10.6. The van der Waals surface area contributed by atoms with Crippen molar-refractivity contribution in [1.29, 1.82) is 0 Å². The summed E-state index contributed by atoms with van der Waals surface area (Å²) in [4.78, 5) is 0. The van der Waals surface area contributed by atoms with Crippen molar-refractivity contribution in [2.75, 3.05) is 0 Å². The van der Waals surface area contributed by atoms with E-state index >= 15 is 0 Å². The van der Waals surface area contributed by atoms with Crippen LogP contribution in [0.1, 0.15) is 60.3 Å². The predicted octanol–water partition coefficient (Wildman–Crippen LogP) is 4.56. The Hall–Kier alpha value is -0.260. The first-order valence-corrected chi connectivity index (χ1v) is 6.06. The minimum absolute atomic E-state index is 0.448. The van der Waals surface area contributed by atoms with Gasteiger partial charge in [-0.2, -0.15) is 0 Å². The monoisotopic (exact) mass is 192 g/mol. The molecule has 80 valence electrons. The van der Waals surface area contributed by atoms with E-state index in [-0.39, 0.29) is 0 Å². The van der Waals surface area contributed by atoms with E-state index in [1.165, 1.54) is 25.7 Å². The third-order valence-corrected chi connectivity index (χ3v) is 5.20. The topological polar surface area (TPSA) is 0 Å². The summed E-state index contributed by atoms with van der Waals surface area (Å²) in [5.41, 5.74) is 4.43. The zero-order valence-electron chi connectivity index (χ0n) is 10.4. The highest BCUT2D eigenvalue weighted by atomic mass is 14.5. The van der Waals surface area contributed by atoms with Crippen molar-refractivity contribution in [2.45, 2.75) is 60.3 Å². The van der Waals surface area contributed by atoms with Gasteiger partial charge < -0.3 is 0 Å². The molecule has 0 heteroatoms. The minimum atomic E-state index is 0.448.